The molecule has 0 spiro atoms. The summed E-state index contributed by atoms with van der Waals surface area (Å²) in [5.41, 5.74) is 1.14. The fourth-order valence-corrected chi connectivity index (χ4v) is 3.31. The summed E-state index contributed by atoms with van der Waals surface area (Å²) in [6.07, 6.45) is 2.09. The van der Waals surface area contributed by atoms with Gasteiger partial charge in [0.25, 0.3) is 5.56 Å². The van der Waals surface area contributed by atoms with E-state index < -0.39 is 0 Å². The molecule has 2 aromatic rings. The van der Waals surface area contributed by atoms with Crippen molar-refractivity contribution in [2.45, 2.75) is 32.5 Å². The Labute approximate surface area is 162 Å². The molecular formula is C19H23ClN4O3. The van der Waals surface area contributed by atoms with Crippen LogP contribution in [-0.2, 0) is 29.2 Å². The highest BCUT2D eigenvalue weighted by Crippen LogP contribution is 2.18. The molecule has 1 fully saturated rings. The second kappa shape index (κ2) is 9.01. The number of aromatic nitrogens is 2. The largest absolute Gasteiger partial charge is 0.378 e. The predicted molar refractivity (Wildman–Crippen MR) is 104 cm³/mol. The zero-order valence-corrected chi connectivity index (χ0v) is 16.0. The number of ether oxygens (including phenoxy) is 1. The van der Waals surface area contributed by atoms with Gasteiger partial charge in [-0.25, -0.2) is 4.98 Å². The van der Waals surface area contributed by atoms with Crippen molar-refractivity contribution in [3.05, 3.63) is 57.0 Å². The molecule has 1 aromatic heterocycles. The molecule has 1 amide bonds. The molecule has 144 valence electrons. The quantitative estimate of drug-likeness (QED) is 0.782. The third kappa shape index (κ3) is 4.87. The summed E-state index contributed by atoms with van der Waals surface area (Å²) in [7, 11) is 1.56. The van der Waals surface area contributed by atoms with Gasteiger partial charge in [-0.1, -0.05) is 29.8 Å². The van der Waals surface area contributed by atoms with Gasteiger partial charge in [0, 0.05) is 37.8 Å². The van der Waals surface area contributed by atoms with Gasteiger partial charge in [-0.3, -0.25) is 14.2 Å². The van der Waals surface area contributed by atoms with Crippen LogP contribution in [-0.4, -0.2) is 35.7 Å². The minimum atomic E-state index is -0.265. The number of nitrogens with zero attached hydrogens (tertiary/aromatic N) is 3. The summed E-state index contributed by atoms with van der Waals surface area (Å²) in [4.78, 5) is 31.6. The van der Waals surface area contributed by atoms with Gasteiger partial charge in [0.15, 0.2) is 0 Å². The van der Waals surface area contributed by atoms with Crippen LogP contribution in [0.25, 0.3) is 0 Å². The van der Waals surface area contributed by atoms with E-state index in [9.17, 15) is 9.59 Å². The molecule has 0 unspecified atom stereocenters. The number of rotatable bonds is 7. The Morgan fingerprint density at radius 2 is 2.04 bits per heavy atom. The van der Waals surface area contributed by atoms with Gasteiger partial charge in [0.05, 0.1) is 12.3 Å². The molecule has 8 heteroatoms. The van der Waals surface area contributed by atoms with Gasteiger partial charge in [0.1, 0.15) is 6.54 Å². The molecule has 27 heavy (non-hydrogen) atoms. The van der Waals surface area contributed by atoms with Crippen molar-refractivity contribution >= 4 is 23.5 Å². The van der Waals surface area contributed by atoms with E-state index in [0.717, 1.165) is 31.5 Å². The van der Waals surface area contributed by atoms with E-state index in [1.165, 1.54) is 10.6 Å². The van der Waals surface area contributed by atoms with Crippen molar-refractivity contribution in [2.75, 3.05) is 25.1 Å². The summed E-state index contributed by atoms with van der Waals surface area (Å²) in [6.45, 7) is 2.13. The number of methoxy groups -OCH3 is 1. The van der Waals surface area contributed by atoms with Gasteiger partial charge >= 0.3 is 0 Å². The molecule has 7 nitrogen and oxygen atoms in total. The maximum absolute atomic E-state index is 12.6. The van der Waals surface area contributed by atoms with Crippen LogP contribution < -0.4 is 15.8 Å². The minimum Gasteiger partial charge on any atom is -0.378 e. The SMILES string of the molecule is COCc1cc(=O)n(CC(=O)NCc2ccccc2Cl)c(N2CCCC2)n1. The first-order valence-corrected chi connectivity index (χ1v) is 9.31. The molecular weight excluding hydrogens is 368 g/mol. The Hall–Kier alpha value is -2.38. The number of hydrogen-bond donors (Lipinski definition) is 1. The molecule has 0 bridgehead atoms. The molecule has 0 saturated carbocycles. The van der Waals surface area contributed by atoms with Gasteiger partial charge in [-0.15, -0.1) is 0 Å². The highest BCUT2D eigenvalue weighted by molar-refractivity contribution is 6.31. The zero-order valence-electron chi connectivity index (χ0n) is 15.3. The molecule has 1 aliphatic rings. The van der Waals surface area contributed by atoms with E-state index in [4.69, 9.17) is 16.3 Å². The van der Waals surface area contributed by atoms with Crippen molar-refractivity contribution < 1.29 is 9.53 Å². The summed E-state index contributed by atoms with van der Waals surface area (Å²) in [6, 6.07) is 8.75. The number of carbonyl (C=O) groups excluding carboxylic acids is 1. The fourth-order valence-electron chi connectivity index (χ4n) is 3.10. The van der Waals surface area contributed by atoms with E-state index in [-0.39, 0.29) is 24.6 Å². The van der Waals surface area contributed by atoms with E-state index in [0.29, 0.717) is 23.2 Å². The van der Waals surface area contributed by atoms with Crippen molar-refractivity contribution in [1.82, 2.24) is 14.9 Å². The zero-order chi connectivity index (χ0) is 19.2. The Bertz CT molecular complexity index is 862. The van der Waals surface area contributed by atoms with Crippen LogP contribution in [0.5, 0.6) is 0 Å². The molecule has 1 N–H and O–H groups in total. The lowest BCUT2D eigenvalue weighted by molar-refractivity contribution is -0.121. The summed E-state index contributed by atoms with van der Waals surface area (Å²) in [5, 5.41) is 3.41. The van der Waals surface area contributed by atoms with Gasteiger partial charge < -0.3 is 15.0 Å². The Kier molecular flexibility index (Phi) is 6.47. The number of carbonyl (C=O) groups is 1. The van der Waals surface area contributed by atoms with Gasteiger partial charge in [0.2, 0.25) is 11.9 Å². The number of amides is 1. The summed E-state index contributed by atoms with van der Waals surface area (Å²) >= 11 is 6.12. The lowest BCUT2D eigenvalue weighted by atomic mass is 10.2. The van der Waals surface area contributed by atoms with Crippen LogP contribution in [0.3, 0.4) is 0 Å². The van der Waals surface area contributed by atoms with Crippen LogP contribution in [0.1, 0.15) is 24.1 Å². The smallest absolute Gasteiger partial charge is 0.255 e. The average Bonchev–Trinajstić information content (AvgIpc) is 3.18. The summed E-state index contributed by atoms with van der Waals surface area (Å²) in [5.74, 6) is 0.263. The third-order valence-electron chi connectivity index (χ3n) is 4.46. The number of nitrogens with one attached hydrogen (secondary N) is 1. The third-order valence-corrected chi connectivity index (χ3v) is 4.83. The molecule has 1 aromatic carbocycles. The minimum absolute atomic E-state index is 0.0879. The molecule has 2 heterocycles. The first-order valence-electron chi connectivity index (χ1n) is 8.93. The lowest BCUT2D eigenvalue weighted by Gasteiger charge is -2.21. The predicted octanol–water partition coefficient (Wildman–Crippen LogP) is 1.96. The highest BCUT2D eigenvalue weighted by Gasteiger charge is 2.20. The van der Waals surface area contributed by atoms with Crippen molar-refractivity contribution in [3.63, 3.8) is 0 Å². The Balaban J connectivity index is 1.77. The monoisotopic (exact) mass is 390 g/mol. The first-order chi connectivity index (χ1) is 13.1. The van der Waals surface area contributed by atoms with E-state index in [1.807, 2.05) is 23.1 Å². The van der Waals surface area contributed by atoms with Crippen molar-refractivity contribution in [2.24, 2.45) is 0 Å². The summed E-state index contributed by atoms with van der Waals surface area (Å²) < 4.78 is 6.52. The second-order valence-electron chi connectivity index (χ2n) is 6.47. The van der Waals surface area contributed by atoms with Crippen LogP contribution in [0.15, 0.2) is 35.1 Å². The Morgan fingerprint density at radius 3 is 2.74 bits per heavy atom. The normalized spacial score (nSPS) is 13.8. The van der Waals surface area contributed by atoms with E-state index >= 15 is 0 Å². The van der Waals surface area contributed by atoms with Crippen molar-refractivity contribution in [1.29, 1.82) is 0 Å². The number of hydrogen-bond acceptors (Lipinski definition) is 5. The topological polar surface area (TPSA) is 76.5 Å². The molecule has 0 atom stereocenters. The van der Waals surface area contributed by atoms with Crippen LogP contribution in [0.4, 0.5) is 5.95 Å². The number of anilines is 1. The van der Waals surface area contributed by atoms with E-state index in [1.54, 1.807) is 13.2 Å². The molecule has 0 aliphatic carbocycles. The van der Waals surface area contributed by atoms with Crippen LogP contribution in [0, 0.1) is 0 Å². The maximum Gasteiger partial charge on any atom is 0.255 e. The maximum atomic E-state index is 12.6. The Morgan fingerprint density at radius 1 is 1.30 bits per heavy atom. The van der Waals surface area contributed by atoms with Crippen LogP contribution in [0.2, 0.25) is 5.02 Å². The van der Waals surface area contributed by atoms with Crippen molar-refractivity contribution in [3.8, 4) is 0 Å². The highest BCUT2D eigenvalue weighted by atomic mass is 35.5. The second-order valence-corrected chi connectivity index (χ2v) is 6.87. The lowest BCUT2D eigenvalue weighted by Crippen LogP contribution is -2.36. The van der Waals surface area contributed by atoms with Crippen LogP contribution >= 0.6 is 11.6 Å². The molecule has 0 radical (unpaired) electrons. The molecule has 1 saturated heterocycles. The standard InChI is InChI=1S/C19H23ClN4O3/c1-27-13-15-10-18(26)24(19(22-15)23-8-4-5-9-23)12-17(25)21-11-14-6-2-3-7-16(14)20/h2-3,6-7,10H,4-5,8-9,11-13H2,1H3,(H,21,25). The number of benzene rings is 1. The van der Waals surface area contributed by atoms with Gasteiger partial charge in [-0.05, 0) is 24.5 Å². The van der Waals surface area contributed by atoms with E-state index in [2.05, 4.69) is 10.3 Å². The molecule has 1 aliphatic heterocycles. The van der Waals surface area contributed by atoms with Gasteiger partial charge in [-0.2, -0.15) is 0 Å². The average molecular weight is 391 g/mol. The number of halogens is 1. The fraction of sp³-hybridized carbons (Fsp3) is 0.421. The first kappa shape index (κ1) is 19.4. The molecule has 3 rings (SSSR count).